The van der Waals surface area contributed by atoms with Gasteiger partial charge in [0.2, 0.25) is 17.4 Å². The number of nitrogens with one attached hydrogen (secondary N) is 1. The van der Waals surface area contributed by atoms with Crippen molar-refractivity contribution < 1.29 is 27.9 Å². The minimum Gasteiger partial charge on any atom is -0.374 e. The molecule has 6 nitrogen and oxygen atoms in total. The van der Waals surface area contributed by atoms with Gasteiger partial charge in [-0.15, -0.1) is 11.3 Å². The maximum atomic E-state index is 13.6. The molecule has 2 rings (SSSR count). The zero-order chi connectivity index (χ0) is 21.7. The van der Waals surface area contributed by atoms with E-state index in [0.29, 0.717) is 41.1 Å². The van der Waals surface area contributed by atoms with Crippen LogP contribution in [-0.4, -0.2) is 52.6 Å². The second kappa shape index (κ2) is 9.53. The Balaban J connectivity index is 2.01. The Morgan fingerprint density at radius 3 is 2.45 bits per heavy atom. The Morgan fingerprint density at radius 1 is 1.21 bits per heavy atom. The molecule has 2 amide bonds. The number of hydrogen-bond donors (Lipinski definition) is 2. The van der Waals surface area contributed by atoms with Gasteiger partial charge in [0.15, 0.2) is 0 Å². The van der Waals surface area contributed by atoms with Crippen LogP contribution < -0.4 is 5.32 Å². The van der Waals surface area contributed by atoms with Gasteiger partial charge in [0, 0.05) is 26.1 Å². The Morgan fingerprint density at radius 2 is 1.86 bits per heavy atom. The zero-order valence-corrected chi connectivity index (χ0v) is 17.1. The molecule has 1 aromatic heterocycles. The van der Waals surface area contributed by atoms with Gasteiger partial charge in [-0.1, -0.05) is 12.1 Å². The molecule has 0 spiro atoms. The zero-order valence-electron chi connectivity index (χ0n) is 16.3. The van der Waals surface area contributed by atoms with Crippen LogP contribution in [0.2, 0.25) is 0 Å². The summed E-state index contributed by atoms with van der Waals surface area (Å²) in [6.07, 6.45) is -5.78. The molecular weight excluding hydrogens is 407 g/mol. The SMILES string of the molecule is CCN(CC)C(=O)CCCNC(=O)C[C@@](O)(c1nc2ccccc2s1)C(F)(F)F. The Bertz CT molecular complexity index is 819. The maximum Gasteiger partial charge on any atom is 0.424 e. The van der Waals surface area contributed by atoms with Gasteiger partial charge >= 0.3 is 6.18 Å². The molecule has 0 saturated carbocycles. The van der Waals surface area contributed by atoms with Crippen molar-refractivity contribution in [3.05, 3.63) is 29.3 Å². The molecule has 160 valence electrons. The number of aliphatic hydroxyl groups is 1. The second-order valence-electron chi connectivity index (χ2n) is 6.54. The molecule has 10 heteroatoms. The summed E-state index contributed by atoms with van der Waals surface area (Å²) in [5.41, 5.74) is -3.05. The van der Waals surface area contributed by atoms with E-state index < -0.39 is 29.1 Å². The second-order valence-corrected chi connectivity index (χ2v) is 7.57. The van der Waals surface area contributed by atoms with E-state index in [0.717, 1.165) is 0 Å². The highest BCUT2D eigenvalue weighted by atomic mass is 32.1. The average Bonchev–Trinajstić information content (AvgIpc) is 3.10. The quantitative estimate of drug-likeness (QED) is 0.598. The van der Waals surface area contributed by atoms with E-state index in [2.05, 4.69) is 10.3 Å². The molecule has 29 heavy (non-hydrogen) atoms. The number of rotatable bonds is 9. The van der Waals surface area contributed by atoms with Crippen molar-refractivity contribution in [3.63, 3.8) is 0 Å². The lowest BCUT2D eigenvalue weighted by atomic mass is 9.99. The molecule has 1 heterocycles. The molecule has 0 fully saturated rings. The summed E-state index contributed by atoms with van der Waals surface area (Å²) in [4.78, 5) is 29.5. The van der Waals surface area contributed by atoms with Gasteiger partial charge < -0.3 is 15.3 Å². The van der Waals surface area contributed by atoms with Crippen LogP contribution in [-0.2, 0) is 15.2 Å². The summed E-state index contributed by atoms with van der Waals surface area (Å²) < 4.78 is 41.4. The molecular formula is C19H24F3N3O3S. The predicted octanol–water partition coefficient (Wildman–Crippen LogP) is 3.20. The number of alkyl halides is 3. The van der Waals surface area contributed by atoms with Crippen LogP contribution in [0.1, 0.15) is 38.1 Å². The molecule has 2 N–H and O–H groups in total. The van der Waals surface area contributed by atoms with Gasteiger partial charge in [-0.05, 0) is 32.4 Å². The van der Waals surface area contributed by atoms with Crippen LogP contribution in [0.15, 0.2) is 24.3 Å². The number of fused-ring (bicyclic) bond motifs is 1. The predicted molar refractivity (Wildman–Crippen MR) is 104 cm³/mol. The molecule has 0 unspecified atom stereocenters. The van der Waals surface area contributed by atoms with Crippen molar-refractivity contribution >= 4 is 33.4 Å². The number of para-hydroxylation sites is 1. The van der Waals surface area contributed by atoms with E-state index >= 15 is 0 Å². The van der Waals surface area contributed by atoms with E-state index in [4.69, 9.17) is 0 Å². The van der Waals surface area contributed by atoms with Crippen LogP contribution in [0.5, 0.6) is 0 Å². The van der Waals surface area contributed by atoms with E-state index in [1.807, 2.05) is 13.8 Å². The number of halogens is 3. The van der Waals surface area contributed by atoms with E-state index in [1.54, 1.807) is 29.2 Å². The number of aromatic nitrogens is 1. The molecule has 2 aromatic rings. The number of nitrogens with zero attached hydrogens (tertiary/aromatic N) is 2. The Hall–Kier alpha value is -2.20. The lowest BCUT2D eigenvalue weighted by Crippen LogP contribution is -2.46. The van der Waals surface area contributed by atoms with E-state index in [9.17, 15) is 27.9 Å². The van der Waals surface area contributed by atoms with Gasteiger partial charge in [-0.25, -0.2) is 4.98 Å². The molecule has 1 aromatic carbocycles. The fourth-order valence-corrected chi connectivity index (χ4v) is 3.92. The smallest absolute Gasteiger partial charge is 0.374 e. The van der Waals surface area contributed by atoms with Crippen molar-refractivity contribution in [1.29, 1.82) is 0 Å². The molecule has 0 aliphatic rings. The Kier molecular flexibility index (Phi) is 7.59. The largest absolute Gasteiger partial charge is 0.424 e. The summed E-state index contributed by atoms with van der Waals surface area (Å²) in [6, 6.07) is 6.42. The summed E-state index contributed by atoms with van der Waals surface area (Å²) in [5, 5.41) is 12.2. The van der Waals surface area contributed by atoms with Crippen molar-refractivity contribution in [2.24, 2.45) is 0 Å². The average molecular weight is 431 g/mol. The standard InChI is InChI=1S/C19H24F3N3O3S/c1-3-25(4-2)16(27)10-7-11-23-15(26)12-18(28,19(20,21)22)17-24-13-8-5-6-9-14(13)29-17/h5-6,8-9,28H,3-4,7,10-12H2,1-2H3,(H,23,26)/t18-/m1/s1. The van der Waals surface area contributed by atoms with Crippen LogP contribution in [0.25, 0.3) is 10.2 Å². The fourth-order valence-electron chi connectivity index (χ4n) is 2.84. The van der Waals surface area contributed by atoms with E-state index in [-0.39, 0.29) is 18.9 Å². The fraction of sp³-hybridized carbons (Fsp3) is 0.526. The first-order valence-electron chi connectivity index (χ1n) is 9.32. The summed E-state index contributed by atoms with van der Waals surface area (Å²) >= 11 is 0.702. The van der Waals surface area contributed by atoms with Crippen LogP contribution in [0.3, 0.4) is 0 Å². The van der Waals surface area contributed by atoms with Crippen LogP contribution >= 0.6 is 11.3 Å². The molecule has 0 aliphatic heterocycles. The minimum atomic E-state index is -5.07. The highest BCUT2D eigenvalue weighted by Gasteiger charge is 2.58. The van der Waals surface area contributed by atoms with Gasteiger partial charge in [0.25, 0.3) is 0 Å². The van der Waals surface area contributed by atoms with E-state index in [1.165, 1.54) is 0 Å². The lowest BCUT2D eigenvalue weighted by Gasteiger charge is -2.27. The number of benzene rings is 1. The molecule has 0 bridgehead atoms. The third-order valence-corrected chi connectivity index (χ3v) is 5.73. The topological polar surface area (TPSA) is 82.5 Å². The highest BCUT2D eigenvalue weighted by molar-refractivity contribution is 7.18. The molecule has 1 atom stereocenters. The minimum absolute atomic E-state index is 0.0413. The number of carbonyl (C=O) groups is 2. The summed E-state index contributed by atoms with van der Waals surface area (Å²) in [7, 11) is 0. The first kappa shape index (κ1) is 23.1. The number of carbonyl (C=O) groups excluding carboxylic acids is 2. The first-order valence-corrected chi connectivity index (χ1v) is 10.1. The van der Waals surface area contributed by atoms with Gasteiger partial charge in [0.05, 0.1) is 16.6 Å². The summed E-state index contributed by atoms with van der Waals surface area (Å²) in [6.45, 7) is 4.89. The van der Waals surface area contributed by atoms with Gasteiger partial charge in [0.1, 0.15) is 5.01 Å². The number of thiazole rings is 1. The van der Waals surface area contributed by atoms with Crippen molar-refractivity contribution in [1.82, 2.24) is 15.2 Å². The molecule has 0 radical (unpaired) electrons. The Labute approximate surface area is 170 Å². The number of amides is 2. The molecule has 0 saturated heterocycles. The normalized spacial score (nSPS) is 13.9. The highest BCUT2D eigenvalue weighted by Crippen LogP contribution is 2.44. The van der Waals surface area contributed by atoms with Crippen molar-refractivity contribution in [2.45, 2.75) is 44.9 Å². The van der Waals surface area contributed by atoms with Crippen molar-refractivity contribution in [3.8, 4) is 0 Å². The summed E-state index contributed by atoms with van der Waals surface area (Å²) in [5.74, 6) is -1.04. The maximum absolute atomic E-state index is 13.6. The monoisotopic (exact) mass is 431 g/mol. The van der Waals surface area contributed by atoms with Gasteiger partial charge in [-0.3, -0.25) is 9.59 Å². The molecule has 0 aliphatic carbocycles. The lowest BCUT2D eigenvalue weighted by molar-refractivity contribution is -0.267. The number of hydrogen-bond acceptors (Lipinski definition) is 5. The third-order valence-electron chi connectivity index (χ3n) is 4.54. The third kappa shape index (κ3) is 5.45. The van der Waals surface area contributed by atoms with Crippen LogP contribution in [0, 0.1) is 0 Å². The first-order chi connectivity index (χ1) is 13.6. The van der Waals surface area contributed by atoms with Gasteiger partial charge in [-0.2, -0.15) is 13.2 Å². The van der Waals surface area contributed by atoms with Crippen molar-refractivity contribution in [2.75, 3.05) is 19.6 Å². The van der Waals surface area contributed by atoms with Crippen LogP contribution in [0.4, 0.5) is 13.2 Å².